The van der Waals surface area contributed by atoms with Gasteiger partial charge < -0.3 is 9.97 Å². The molecule has 4 rings (SSSR count). The number of fused-ring (bicyclic) bond motifs is 2. The number of hydrogen-bond donors (Lipinski definition) is 3. The van der Waals surface area contributed by atoms with Gasteiger partial charge in [0.1, 0.15) is 10.5 Å². The Labute approximate surface area is 138 Å². The van der Waals surface area contributed by atoms with Crippen LogP contribution in [0.5, 0.6) is 0 Å². The molecule has 0 aliphatic rings. The fraction of sp³-hybridized carbons (Fsp3) is 0.118. The van der Waals surface area contributed by atoms with Crippen LogP contribution in [0.3, 0.4) is 0 Å². The van der Waals surface area contributed by atoms with Gasteiger partial charge in [0.25, 0.3) is 0 Å². The third-order valence-corrected chi connectivity index (χ3v) is 5.24. The van der Waals surface area contributed by atoms with Crippen LogP contribution in [0.1, 0.15) is 12.5 Å². The minimum atomic E-state index is -3.77. The molecule has 4 aromatic rings. The van der Waals surface area contributed by atoms with Crippen molar-refractivity contribution in [2.75, 3.05) is 0 Å². The number of nitrogens with zero attached hydrogens (tertiary/aromatic N) is 1. The number of hydrogen-bond acceptors (Lipinski definition) is 3. The second-order valence-electron chi connectivity index (χ2n) is 5.71. The summed E-state index contributed by atoms with van der Waals surface area (Å²) in [5.74, 6) is 0. The van der Waals surface area contributed by atoms with E-state index >= 15 is 0 Å². The highest BCUT2D eigenvalue weighted by molar-refractivity contribution is 7.89. The fourth-order valence-electron chi connectivity index (χ4n) is 3.10. The molecule has 0 fully saturated rings. The SMILES string of the molecule is CCc1c[nH]c2ncc(-c3cccc4c(S(N)(=O)=O)c[nH]c34)cc12. The van der Waals surface area contributed by atoms with E-state index in [9.17, 15) is 8.42 Å². The largest absolute Gasteiger partial charge is 0.359 e. The van der Waals surface area contributed by atoms with Gasteiger partial charge in [-0.25, -0.2) is 18.5 Å². The van der Waals surface area contributed by atoms with E-state index in [1.165, 1.54) is 11.8 Å². The quantitative estimate of drug-likeness (QED) is 0.534. The summed E-state index contributed by atoms with van der Waals surface area (Å²) in [7, 11) is -3.77. The average Bonchev–Trinajstić information content (AvgIpc) is 3.17. The molecule has 0 amide bonds. The maximum atomic E-state index is 11.7. The van der Waals surface area contributed by atoms with Gasteiger partial charge in [0.15, 0.2) is 0 Å². The summed E-state index contributed by atoms with van der Waals surface area (Å²) in [4.78, 5) is 10.8. The van der Waals surface area contributed by atoms with E-state index in [2.05, 4.69) is 27.9 Å². The van der Waals surface area contributed by atoms with Crippen molar-refractivity contribution in [3.8, 4) is 11.1 Å². The van der Waals surface area contributed by atoms with Crippen molar-refractivity contribution in [1.82, 2.24) is 15.0 Å². The van der Waals surface area contributed by atoms with E-state index < -0.39 is 10.0 Å². The molecule has 0 aliphatic heterocycles. The Morgan fingerprint density at radius 2 is 2.00 bits per heavy atom. The van der Waals surface area contributed by atoms with Gasteiger partial charge in [-0.3, -0.25) is 0 Å². The number of benzene rings is 1. The number of rotatable bonds is 3. The summed E-state index contributed by atoms with van der Waals surface area (Å²) in [6.45, 7) is 2.10. The van der Waals surface area contributed by atoms with Crippen LogP contribution in [0.2, 0.25) is 0 Å². The van der Waals surface area contributed by atoms with Crippen molar-refractivity contribution < 1.29 is 8.42 Å². The lowest BCUT2D eigenvalue weighted by Crippen LogP contribution is -2.11. The molecule has 0 spiro atoms. The molecule has 0 bridgehead atoms. The third kappa shape index (κ3) is 2.21. The Balaban J connectivity index is 1.98. The molecule has 1 aromatic carbocycles. The number of pyridine rings is 1. The molecule has 7 heteroatoms. The molecular weight excluding hydrogens is 324 g/mol. The van der Waals surface area contributed by atoms with Crippen molar-refractivity contribution in [3.05, 3.63) is 48.4 Å². The smallest absolute Gasteiger partial charge is 0.240 e. The average molecular weight is 340 g/mol. The lowest BCUT2D eigenvalue weighted by Gasteiger charge is -2.05. The zero-order valence-electron chi connectivity index (χ0n) is 13.0. The van der Waals surface area contributed by atoms with Gasteiger partial charge in [-0.15, -0.1) is 0 Å². The minimum absolute atomic E-state index is 0.101. The number of sulfonamides is 1. The lowest BCUT2D eigenvalue weighted by molar-refractivity contribution is 0.598. The Morgan fingerprint density at radius 3 is 2.75 bits per heavy atom. The van der Waals surface area contributed by atoms with Crippen LogP contribution in [0.25, 0.3) is 33.1 Å². The topological polar surface area (TPSA) is 105 Å². The monoisotopic (exact) mass is 340 g/mol. The van der Waals surface area contributed by atoms with Gasteiger partial charge in [0, 0.05) is 40.5 Å². The second kappa shape index (κ2) is 5.19. The molecule has 4 N–H and O–H groups in total. The number of aromatic amines is 2. The predicted octanol–water partition coefficient (Wildman–Crippen LogP) is 2.92. The van der Waals surface area contributed by atoms with Gasteiger partial charge in [-0.2, -0.15) is 0 Å². The van der Waals surface area contributed by atoms with Crippen molar-refractivity contribution in [2.45, 2.75) is 18.2 Å². The van der Waals surface area contributed by atoms with Crippen LogP contribution < -0.4 is 5.14 Å². The standard InChI is InChI=1S/C17H16N4O2S/c1-2-10-7-20-17-14(10)6-11(8-21-17)12-4-3-5-13-15(24(18,22)23)9-19-16(12)13/h3-9,19H,2H2,1H3,(H,20,21)(H2,18,22,23). The Kier molecular flexibility index (Phi) is 3.22. The molecule has 122 valence electrons. The van der Waals surface area contributed by atoms with Crippen LogP contribution in [0, 0.1) is 0 Å². The third-order valence-electron chi connectivity index (χ3n) is 4.29. The minimum Gasteiger partial charge on any atom is -0.359 e. The van der Waals surface area contributed by atoms with Gasteiger partial charge in [-0.1, -0.05) is 25.1 Å². The molecule has 0 unspecified atom stereocenters. The normalized spacial score (nSPS) is 12.2. The van der Waals surface area contributed by atoms with E-state index in [1.54, 1.807) is 12.3 Å². The first-order valence-corrected chi connectivity index (χ1v) is 9.13. The molecule has 3 aromatic heterocycles. The summed E-state index contributed by atoms with van der Waals surface area (Å²) in [5, 5.41) is 6.95. The first kappa shape index (κ1) is 14.9. The summed E-state index contributed by atoms with van der Waals surface area (Å²) >= 11 is 0. The molecule has 0 aliphatic carbocycles. The van der Waals surface area contributed by atoms with Crippen LogP contribution in [0.15, 0.2) is 47.8 Å². The predicted molar refractivity (Wildman–Crippen MR) is 94.1 cm³/mol. The summed E-state index contributed by atoms with van der Waals surface area (Å²) < 4.78 is 23.4. The molecule has 0 saturated heterocycles. The van der Waals surface area contributed by atoms with Crippen molar-refractivity contribution in [3.63, 3.8) is 0 Å². The van der Waals surface area contributed by atoms with Crippen LogP contribution in [-0.4, -0.2) is 23.4 Å². The number of para-hydroxylation sites is 1. The highest BCUT2D eigenvalue weighted by atomic mass is 32.2. The number of nitrogens with one attached hydrogen (secondary N) is 2. The second-order valence-corrected chi connectivity index (χ2v) is 7.24. The first-order chi connectivity index (χ1) is 11.5. The van der Waals surface area contributed by atoms with Crippen molar-refractivity contribution in [2.24, 2.45) is 5.14 Å². The van der Waals surface area contributed by atoms with Crippen LogP contribution >= 0.6 is 0 Å². The number of nitrogens with two attached hydrogens (primary N) is 1. The fourth-order valence-corrected chi connectivity index (χ4v) is 3.80. The molecule has 0 atom stereocenters. The number of H-pyrrole nitrogens is 2. The summed E-state index contributed by atoms with van der Waals surface area (Å²) in [5.41, 5.74) is 4.59. The van der Waals surface area contributed by atoms with Crippen LogP contribution in [0.4, 0.5) is 0 Å². The van der Waals surface area contributed by atoms with Crippen LogP contribution in [-0.2, 0) is 16.4 Å². The van der Waals surface area contributed by atoms with Gasteiger partial charge >= 0.3 is 0 Å². The zero-order valence-corrected chi connectivity index (χ0v) is 13.8. The number of aromatic nitrogens is 3. The Morgan fingerprint density at radius 1 is 1.17 bits per heavy atom. The Hall–Kier alpha value is -2.64. The van der Waals surface area contributed by atoms with E-state index in [1.807, 2.05) is 18.3 Å². The lowest BCUT2D eigenvalue weighted by atomic mass is 10.0. The maximum Gasteiger partial charge on any atom is 0.240 e. The van der Waals surface area contributed by atoms with E-state index in [0.29, 0.717) is 5.39 Å². The molecule has 0 saturated carbocycles. The van der Waals surface area contributed by atoms with Crippen molar-refractivity contribution in [1.29, 1.82) is 0 Å². The molecular formula is C17H16N4O2S. The summed E-state index contributed by atoms with van der Waals surface area (Å²) in [6.07, 6.45) is 6.09. The maximum absolute atomic E-state index is 11.7. The molecule has 24 heavy (non-hydrogen) atoms. The van der Waals surface area contributed by atoms with E-state index in [-0.39, 0.29) is 4.90 Å². The van der Waals surface area contributed by atoms with Crippen molar-refractivity contribution >= 4 is 32.0 Å². The number of primary sulfonamides is 1. The van der Waals surface area contributed by atoms with E-state index in [4.69, 9.17) is 5.14 Å². The van der Waals surface area contributed by atoms with E-state index in [0.717, 1.165) is 34.1 Å². The highest BCUT2D eigenvalue weighted by Gasteiger charge is 2.17. The van der Waals surface area contributed by atoms with Gasteiger partial charge in [-0.05, 0) is 18.1 Å². The summed E-state index contributed by atoms with van der Waals surface area (Å²) in [6, 6.07) is 7.58. The number of aryl methyl sites for hydroxylation is 1. The first-order valence-electron chi connectivity index (χ1n) is 7.58. The molecule has 0 radical (unpaired) electrons. The zero-order chi connectivity index (χ0) is 16.9. The highest BCUT2D eigenvalue weighted by Crippen LogP contribution is 2.32. The van der Waals surface area contributed by atoms with Gasteiger partial charge in [0.05, 0.1) is 5.52 Å². The Bertz CT molecular complexity index is 1170. The van der Waals surface area contributed by atoms with Gasteiger partial charge in [0.2, 0.25) is 10.0 Å². The molecule has 6 nitrogen and oxygen atoms in total. The molecule has 3 heterocycles.